The van der Waals surface area contributed by atoms with Crippen LogP contribution in [0.1, 0.15) is 19.3 Å². The highest BCUT2D eigenvalue weighted by molar-refractivity contribution is 6.30. The van der Waals surface area contributed by atoms with Gasteiger partial charge in [-0.1, -0.05) is 23.7 Å². The van der Waals surface area contributed by atoms with Gasteiger partial charge < -0.3 is 9.88 Å². The molecule has 2 heterocycles. The van der Waals surface area contributed by atoms with Gasteiger partial charge in [0.15, 0.2) is 0 Å². The predicted octanol–water partition coefficient (Wildman–Crippen LogP) is 4.11. The maximum atomic E-state index is 11.6. The van der Waals surface area contributed by atoms with Gasteiger partial charge in [-0.25, -0.2) is 0 Å². The monoisotopic (exact) mass is 324 g/mol. The van der Waals surface area contributed by atoms with Crippen molar-refractivity contribution in [3.8, 4) is 11.3 Å². The number of anilines is 1. The van der Waals surface area contributed by atoms with E-state index in [9.17, 15) is 4.79 Å². The second-order valence-corrected chi connectivity index (χ2v) is 5.55. The topological polar surface area (TPSA) is 36.1 Å². The molecule has 0 unspecified atom stereocenters. The smallest absolute Gasteiger partial charge is 0.267 e. The highest BCUT2D eigenvalue weighted by atomic mass is 35.5. The maximum absolute atomic E-state index is 11.6. The number of aromatic amines is 1. The third-order valence-corrected chi connectivity index (χ3v) is 4.04. The lowest BCUT2D eigenvalue weighted by Crippen LogP contribution is -2.29. The zero-order valence-corrected chi connectivity index (χ0v) is 13.2. The summed E-state index contributed by atoms with van der Waals surface area (Å²) in [6.07, 6.45) is 3.82. The molecule has 1 aliphatic rings. The summed E-state index contributed by atoms with van der Waals surface area (Å²) in [6.45, 7) is 2.22. The van der Waals surface area contributed by atoms with E-state index in [0.717, 1.165) is 24.3 Å². The first-order valence-electron chi connectivity index (χ1n) is 6.98. The molecule has 112 valence electrons. The fourth-order valence-electron chi connectivity index (χ4n) is 2.65. The zero-order valence-electron chi connectivity index (χ0n) is 11.6. The molecule has 3 nitrogen and oxygen atoms in total. The van der Waals surface area contributed by atoms with Crippen molar-refractivity contribution in [3.63, 3.8) is 0 Å². The molecule has 3 rings (SSSR count). The first kappa shape index (κ1) is 15.9. The number of pyridine rings is 1. The minimum atomic E-state index is -0.243. The molecule has 0 amide bonds. The summed E-state index contributed by atoms with van der Waals surface area (Å²) >= 11 is 5.77. The van der Waals surface area contributed by atoms with E-state index in [1.807, 2.05) is 18.2 Å². The van der Waals surface area contributed by atoms with E-state index < -0.39 is 0 Å². The van der Waals surface area contributed by atoms with Crippen LogP contribution in [0.25, 0.3) is 11.3 Å². The van der Waals surface area contributed by atoms with E-state index in [2.05, 4.69) is 22.0 Å². The molecule has 1 N–H and O–H groups in total. The van der Waals surface area contributed by atoms with Crippen molar-refractivity contribution in [1.82, 2.24) is 4.98 Å². The van der Waals surface area contributed by atoms with Crippen LogP contribution in [-0.4, -0.2) is 18.1 Å². The Hall–Kier alpha value is -1.45. The molecule has 5 heteroatoms. The van der Waals surface area contributed by atoms with Crippen molar-refractivity contribution in [2.75, 3.05) is 18.0 Å². The average Bonchev–Trinajstić information content (AvgIpc) is 2.51. The molecule has 1 saturated heterocycles. The van der Waals surface area contributed by atoms with Crippen LogP contribution in [0, 0.1) is 0 Å². The summed E-state index contributed by atoms with van der Waals surface area (Å²) in [4.78, 5) is 16.8. The highest BCUT2D eigenvalue weighted by Crippen LogP contribution is 2.25. The molecule has 2 aromatic rings. The highest BCUT2D eigenvalue weighted by Gasteiger charge is 2.11. The van der Waals surface area contributed by atoms with Gasteiger partial charge in [0, 0.05) is 30.0 Å². The molecule has 0 atom stereocenters. The molecule has 1 aliphatic heterocycles. The van der Waals surface area contributed by atoms with Gasteiger partial charge in [0.2, 0.25) is 0 Å². The molecule has 0 spiro atoms. The Balaban J connectivity index is 0.00000161. The average molecular weight is 325 g/mol. The summed E-state index contributed by atoms with van der Waals surface area (Å²) in [5.74, 6) is 0. The van der Waals surface area contributed by atoms with Crippen LogP contribution in [0.4, 0.5) is 5.69 Å². The Labute approximate surface area is 135 Å². The maximum Gasteiger partial charge on any atom is 0.267 e. The Morgan fingerprint density at radius 1 is 1.05 bits per heavy atom. The Morgan fingerprint density at radius 2 is 1.81 bits per heavy atom. The normalized spacial score (nSPS) is 14.6. The molecule has 1 aromatic carbocycles. The van der Waals surface area contributed by atoms with Crippen LogP contribution >= 0.6 is 24.0 Å². The van der Waals surface area contributed by atoms with E-state index in [0.29, 0.717) is 0 Å². The van der Waals surface area contributed by atoms with Crippen LogP contribution < -0.4 is 10.5 Å². The minimum Gasteiger partial charge on any atom is -0.372 e. The number of benzene rings is 1. The lowest BCUT2D eigenvalue weighted by molar-refractivity contribution is 0.578. The molecular weight excluding hydrogens is 307 g/mol. The van der Waals surface area contributed by atoms with E-state index in [1.54, 1.807) is 6.07 Å². The second-order valence-electron chi connectivity index (χ2n) is 5.15. The van der Waals surface area contributed by atoms with Gasteiger partial charge in [-0.3, -0.25) is 4.79 Å². The largest absolute Gasteiger partial charge is 0.372 e. The van der Waals surface area contributed by atoms with Crippen LogP contribution in [0.5, 0.6) is 0 Å². The van der Waals surface area contributed by atoms with Crippen LogP contribution in [-0.2, 0) is 0 Å². The van der Waals surface area contributed by atoms with E-state index in [4.69, 9.17) is 11.6 Å². The molecular formula is C16H18Cl2N2O. The third-order valence-electron chi connectivity index (χ3n) is 3.74. The number of piperidine rings is 1. The summed E-state index contributed by atoms with van der Waals surface area (Å²) in [5, 5.41) is 0.223. The van der Waals surface area contributed by atoms with Gasteiger partial charge in [0.05, 0.1) is 0 Å². The number of H-pyrrole nitrogens is 1. The van der Waals surface area contributed by atoms with Crippen molar-refractivity contribution in [3.05, 3.63) is 51.8 Å². The Morgan fingerprint density at radius 3 is 2.52 bits per heavy atom. The number of nitrogens with zero attached hydrogens (tertiary/aromatic N) is 1. The standard InChI is InChI=1S/C16H17ClN2O.ClH/c17-14-7-8-15(18-16(14)20)12-5-4-6-13(11-12)19-9-2-1-3-10-19;/h4-8,11H,1-3,9-10H2,(H,18,20);1H. The Bertz CT molecular complexity index is 663. The first-order chi connectivity index (χ1) is 9.74. The van der Waals surface area contributed by atoms with Gasteiger partial charge in [-0.15, -0.1) is 12.4 Å². The fraction of sp³-hybridized carbons (Fsp3) is 0.312. The Kier molecular flexibility index (Phi) is 5.32. The van der Waals surface area contributed by atoms with Crippen LogP contribution in [0.2, 0.25) is 5.02 Å². The summed E-state index contributed by atoms with van der Waals surface area (Å²) in [6, 6.07) is 11.8. The lowest BCUT2D eigenvalue weighted by atomic mass is 10.1. The third kappa shape index (κ3) is 3.60. The second kappa shape index (κ2) is 7.01. The van der Waals surface area contributed by atoms with Crippen molar-refractivity contribution in [2.45, 2.75) is 19.3 Å². The fourth-order valence-corrected chi connectivity index (χ4v) is 2.76. The van der Waals surface area contributed by atoms with E-state index in [1.165, 1.54) is 24.9 Å². The molecule has 1 fully saturated rings. The quantitative estimate of drug-likeness (QED) is 0.902. The molecule has 1 aromatic heterocycles. The number of halogens is 2. The van der Waals surface area contributed by atoms with Crippen molar-refractivity contribution < 1.29 is 0 Å². The van der Waals surface area contributed by atoms with Gasteiger partial charge in [0.1, 0.15) is 5.02 Å². The SMILES string of the molecule is Cl.O=c1[nH]c(-c2cccc(N3CCCCC3)c2)ccc1Cl. The van der Waals surface area contributed by atoms with Crippen LogP contribution in [0.3, 0.4) is 0 Å². The zero-order chi connectivity index (χ0) is 13.9. The molecule has 0 saturated carbocycles. The van der Waals surface area contributed by atoms with Gasteiger partial charge in [-0.2, -0.15) is 0 Å². The number of rotatable bonds is 2. The predicted molar refractivity (Wildman–Crippen MR) is 90.8 cm³/mol. The summed E-state index contributed by atoms with van der Waals surface area (Å²) in [7, 11) is 0. The van der Waals surface area contributed by atoms with E-state index >= 15 is 0 Å². The molecule has 0 bridgehead atoms. The summed E-state index contributed by atoms with van der Waals surface area (Å²) in [5.41, 5.74) is 2.80. The molecule has 0 radical (unpaired) electrons. The van der Waals surface area contributed by atoms with Gasteiger partial charge >= 0.3 is 0 Å². The minimum absolute atomic E-state index is 0. The molecule has 21 heavy (non-hydrogen) atoms. The van der Waals surface area contributed by atoms with Crippen LogP contribution in [0.15, 0.2) is 41.2 Å². The van der Waals surface area contributed by atoms with Crippen molar-refractivity contribution >= 4 is 29.7 Å². The lowest BCUT2D eigenvalue weighted by Gasteiger charge is -2.29. The van der Waals surface area contributed by atoms with Gasteiger partial charge in [-0.05, 0) is 43.5 Å². The van der Waals surface area contributed by atoms with Crippen molar-refractivity contribution in [2.24, 2.45) is 0 Å². The van der Waals surface area contributed by atoms with Crippen molar-refractivity contribution in [1.29, 1.82) is 0 Å². The number of aromatic nitrogens is 1. The van der Waals surface area contributed by atoms with Gasteiger partial charge in [0.25, 0.3) is 5.56 Å². The van der Waals surface area contributed by atoms with E-state index in [-0.39, 0.29) is 23.0 Å². The first-order valence-corrected chi connectivity index (χ1v) is 7.36. The number of hydrogen-bond acceptors (Lipinski definition) is 2. The summed E-state index contributed by atoms with van der Waals surface area (Å²) < 4.78 is 0. The molecule has 0 aliphatic carbocycles. The number of nitrogens with one attached hydrogen (secondary N) is 1. The number of hydrogen-bond donors (Lipinski definition) is 1.